The van der Waals surface area contributed by atoms with Gasteiger partial charge in [-0.25, -0.2) is 9.80 Å². The lowest BCUT2D eigenvalue weighted by Gasteiger charge is -2.41. The lowest BCUT2D eigenvalue weighted by atomic mass is 9.93. The number of methoxy groups -OCH3 is 2. The molecule has 38 heavy (non-hydrogen) atoms. The smallest absolute Gasteiger partial charge is 0.345 e. The lowest BCUT2D eigenvalue weighted by molar-refractivity contribution is -0.124. The zero-order valence-corrected chi connectivity index (χ0v) is 22.3. The Kier molecular flexibility index (Phi) is 6.22. The van der Waals surface area contributed by atoms with Gasteiger partial charge in [0.1, 0.15) is 23.3 Å². The number of amides is 1. The largest absolute Gasteiger partial charge is 0.502 e. The Labute approximate surface area is 221 Å². The summed E-state index contributed by atoms with van der Waals surface area (Å²) in [4.78, 5) is 30.4. The van der Waals surface area contributed by atoms with Crippen molar-refractivity contribution < 1.29 is 23.8 Å². The average Bonchev–Trinajstić information content (AvgIpc) is 3.29. The Morgan fingerprint density at radius 1 is 1.13 bits per heavy atom. The lowest BCUT2D eigenvalue weighted by Crippen LogP contribution is -2.57. The molecule has 0 saturated heterocycles. The highest BCUT2D eigenvalue weighted by Gasteiger charge is 2.47. The highest BCUT2D eigenvalue weighted by molar-refractivity contribution is 6.09. The van der Waals surface area contributed by atoms with Gasteiger partial charge in [0.15, 0.2) is 0 Å². The number of allylic oxidation sites excluding steroid dienone is 1. The molecule has 0 fully saturated rings. The molecule has 2 aliphatic heterocycles. The van der Waals surface area contributed by atoms with Gasteiger partial charge in [-0.2, -0.15) is 0 Å². The topological polar surface area (TPSA) is 93.2 Å². The third-order valence-corrected chi connectivity index (χ3v) is 6.81. The van der Waals surface area contributed by atoms with E-state index in [0.717, 1.165) is 33.8 Å². The molecule has 1 N–H and O–H groups in total. The molecule has 5 rings (SSSR count). The minimum Gasteiger partial charge on any atom is -0.502 e. The van der Waals surface area contributed by atoms with Crippen molar-refractivity contribution in [3.63, 3.8) is 0 Å². The summed E-state index contributed by atoms with van der Waals surface area (Å²) in [6.45, 7) is 7.87. The predicted octanol–water partition coefficient (Wildman–Crippen LogP) is 5.06. The van der Waals surface area contributed by atoms with E-state index in [1.165, 1.54) is 0 Å². The van der Waals surface area contributed by atoms with Crippen molar-refractivity contribution in [1.82, 2.24) is 9.99 Å². The minimum absolute atomic E-state index is 0.0651. The molecule has 3 aromatic rings. The summed E-state index contributed by atoms with van der Waals surface area (Å²) in [5.41, 5.74) is 5.39. The number of esters is 1. The quantitative estimate of drug-likeness (QED) is 0.277. The van der Waals surface area contributed by atoms with Crippen LogP contribution in [0, 0.1) is 6.92 Å². The van der Waals surface area contributed by atoms with E-state index < -0.39 is 11.5 Å². The van der Waals surface area contributed by atoms with E-state index in [4.69, 9.17) is 14.2 Å². The SMILES string of the molecule is CO/C=C(/C)N1Cc2c(-c3ccc(OC(=O)c4cccnc4C)cc3OC)ccc3c2N1C(=O)C(C)(C)N3. The molecule has 0 saturated carbocycles. The van der Waals surface area contributed by atoms with Gasteiger partial charge in [0, 0.05) is 23.4 Å². The monoisotopic (exact) mass is 514 g/mol. The summed E-state index contributed by atoms with van der Waals surface area (Å²) in [7, 11) is 3.16. The van der Waals surface area contributed by atoms with Crippen LogP contribution in [0.15, 0.2) is 60.6 Å². The van der Waals surface area contributed by atoms with Crippen molar-refractivity contribution in [2.24, 2.45) is 0 Å². The maximum atomic E-state index is 13.5. The maximum Gasteiger partial charge on any atom is 0.345 e. The van der Waals surface area contributed by atoms with Gasteiger partial charge in [-0.3, -0.25) is 14.8 Å². The van der Waals surface area contributed by atoms with Gasteiger partial charge in [0.05, 0.1) is 49.1 Å². The molecule has 0 aliphatic carbocycles. The van der Waals surface area contributed by atoms with Crippen LogP contribution in [0.25, 0.3) is 11.1 Å². The molecule has 9 heteroatoms. The Morgan fingerprint density at radius 2 is 1.89 bits per heavy atom. The van der Waals surface area contributed by atoms with E-state index in [-0.39, 0.29) is 5.91 Å². The number of pyridine rings is 1. The molecule has 0 unspecified atom stereocenters. The number of carbonyl (C=O) groups is 2. The Morgan fingerprint density at radius 3 is 2.61 bits per heavy atom. The molecule has 1 aromatic heterocycles. The van der Waals surface area contributed by atoms with Crippen LogP contribution in [0.5, 0.6) is 11.5 Å². The molecular formula is C29H30N4O5. The fourth-order valence-electron chi connectivity index (χ4n) is 4.93. The van der Waals surface area contributed by atoms with Crippen LogP contribution in [-0.4, -0.2) is 41.6 Å². The molecule has 0 bridgehead atoms. The second-order valence-corrected chi connectivity index (χ2v) is 9.80. The highest BCUT2D eigenvalue weighted by atomic mass is 16.5. The average molecular weight is 515 g/mol. The number of nitrogens with one attached hydrogen (secondary N) is 1. The number of nitrogens with zero attached hydrogens (tertiary/aromatic N) is 3. The number of aromatic nitrogens is 1. The Bertz CT molecular complexity index is 1480. The third kappa shape index (κ3) is 4.09. The first-order valence-electron chi connectivity index (χ1n) is 12.2. The second kappa shape index (κ2) is 9.41. The number of hydrazine groups is 1. The van der Waals surface area contributed by atoms with Crippen LogP contribution in [0.2, 0.25) is 0 Å². The highest BCUT2D eigenvalue weighted by Crippen LogP contribution is 2.50. The third-order valence-electron chi connectivity index (χ3n) is 6.81. The van der Waals surface area contributed by atoms with Crippen molar-refractivity contribution in [1.29, 1.82) is 0 Å². The summed E-state index contributed by atoms with van der Waals surface area (Å²) in [5, 5.41) is 7.04. The second-order valence-electron chi connectivity index (χ2n) is 9.80. The zero-order valence-electron chi connectivity index (χ0n) is 22.3. The maximum absolute atomic E-state index is 13.5. The van der Waals surface area contributed by atoms with Crippen molar-refractivity contribution in [3.05, 3.63) is 77.4 Å². The molecule has 2 aromatic carbocycles. The fourth-order valence-corrected chi connectivity index (χ4v) is 4.93. The van der Waals surface area contributed by atoms with Crippen molar-refractivity contribution in [3.8, 4) is 22.6 Å². The molecule has 1 amide bonds. The van der Waals surface area contributed by atoms with Gasteiger partial charge in [0.2, 0.25) is 0 Å². The van der Waals surface area contributed by atoms with E-state index >= 15 is 0 Å². The number of ether oxygens (including phenoxy) is 3. The summed E-state index contributed by atoms with van der Waals surface area (Å²) >= 11 is 0. The van der Waals surface area contributed by atoms with Crippen molar-refractivity contribution >= 4 is 23.3 Å². The summed E-state index contributed by atoms with van der Waals surface area (Å²) in [5.74, 6) is 0.342. The van der Waals surface area contributed by atoms with Gasteiger partial charge in [-0.05, 0) is 63.6 Å². The summed E-state index contributed by atoms with van der Waals surface area (Å²) < 4.78 is 16.6. The first kappa shape index (κ1) is 25.1. The minimum atomic E-state index is -0.780. The van der Waals surface area contributed by atoms with E-state index in [1.807, 2.05) is 44.0 Å². The molecule has 0 radical (unpaired) electrons. The number of rotatable bonds is 6. The first-order chi connectivity index (χ1) is 18.2. The predicted molar refractivity (Wildman–Crippen MR) is 144 cm³/mol. The molecular weight excluding hydrogens is 484 g/mol. The normalized spacial score (nSPS) is 15.6. The van der Waals surface area contributed by atoms with E-state index in [0.29, 0.717) is 29.3 Å². The first-order valence-corrected chi connectivity index (χ1v) is 12.2. The Balaban J connectivity index is 1.56. The van der Waals surface area contributed by atoms with E-state index in [2.05, 4.69) is 10.3 Å². The van der Waals surface area contributed by atoms with E-state index in [1.54, 1.807) is 62.9 Å². The van der Waals surface area contributed by atoms with Crippen LogP contribution in [0.4, 0.5) is 11.4 Å². The molecule has 2 aliphatic rings. The van der Waals surface area contributed by atoms with Crippen LogP contribution in [-0.2, 0) is 16.1 Å². The molecule has 9 nitrogen and oxygen atoms in total. The van der Waals surface area contributed by atoms with Gasteiger partial charge < -0.3 is 19.5 Å². The van der Waals surface area contributed by atoms with Crippen LogP contribution in [0.3, 0.4) is 0 Å². The number of anilines is 2. The van der Waals surface area contributed by atoms with E-state index in [9.17, 15) is 9.59 Å². The number of hydrogen-bond acceptors (Lipinski definition) is 8. The molecule has 3 heterocycles. The molecule has 196 valence electrons. The van der Waals surface area contributed by atoms with Gasteiger partial charge in [-0.1, -0.05) is 6.07 Å². The van der Waals surface area contributed by atoms with Crippen LogP contribution < -0.4 is 19.8 Å². The fraction of sp³-hybridized carbons (Fsp3) is 0.276. The Hall–Kier alpha value is -4.53. The standard InChI is InChI=1S/C29H30N4O5/c1-17(16-36-5)32-15-23-21(11-12-24-26(23)33(32)28(35)29(3,4)31-24)22-10-9-19(14-25(22)37-6)38-27(34)20-8-7-13-30-18(20)2/h7-14,16,31H,15H2,1-6H3/b17-16-. The number of benzene rings is 2. The molecule has 0 spiro atoms. The molecule has 0 atom stereocenters. The number of hydrogen-bond donors (Lipinski definition) is 1. The van der Waals surface area contributed by atoms with Crippen molar-refractivity contribution in [2.75, 3.05) is 24.5 Å². The van der Waals surface area contributed by atoms with Crippen LogP contribution >= 0.6 is 0 Å². The number of carbonyl (C=O) groups excluding carboxylic acids is 2. The summed E-state index contributed by atoms with van der Waals surface area (Å²) in [6.07, 6.45) is 3.26. The zero-order chi connectivity index (χ0) is 27.2. The summed E-state index contributed by atoms with van der Waals surface area (Å²) in [6, 6.07) is 12.7. The number of aryl methyl sites for hydroxylation is 1. The van der Waals surface area contributed by atoms with Gasteiger partial charge >= 0.3 is 5.97 Å². The van der Waals surface area contributed by atoms with Crippen LogP contribution in [0.1, 0.15) is 42.4 Å². The van der Waals surface area contributed by atoms with Gasteiger partial charge in [-0.15, -0.1) is 0 Å². The van der Waals surface area contributed by atoms with Crippen molar-refractivity contribution in [2.45, 2.75) is 39.8 Å². The van der Waals surface area contributed by atoms with Gasteiger partial charge in [0.25, 0.3) is 5.91 Å².